The number of sulfonamides is 1. The van der Waals surface area contributed by atoms with Crippen LogP contribution in [-0.2, 0) is 10.0 Å². The average molecular weight is 216 g/mol. The Morgan fingerprint density at radius 3 is 2.57 bits per heavy atom. The van der Waals surface area contributed by atoms with E-state index >= 15 is 0 Å². The zero-order chi connectivity index (χ0) is 10.8. The monoisotopic (exact) mass is 216 g/mol. The minimum atomic E-state index is -3.75. The van der Waals surface area contributed by atoms with Gasteiger partial charge in [0.05, 0.1) is 6.10 Å². The van der Waals surface area contributed by atoms with Crippen molar-refractivity contribution < 1.29 is 13.2 Å². The van der Waals surface area contributed by atoms with Gasteiger partial charge in [-0.25, -0.2) is 18.5 Å². The predicted molar refractivity (Wildman–Crippen MR) is 51.4 cm³/mol. The van der Waals surface area contributed by atoms with Crippen LogP contribution in [0.15, 0.2) is 23.2 Å². The Hall–Kier alpha value is -1.14. The maximum absolute atomic E-state index is 10.9. The Labute approximate surface area is 83.0 Å². The Morgan fingerprint density at radius 1 is 1.43 bits per heavy atom. The first-order valence-corrected chi connectivity index (χ1v) is 5.61. The Morgan fingerprint density at radius 2 is 2.07 bits per heavy atom. The summed E-state index contributed by atoms with van der Waals surface area (Å²) in [5.74, 6) is 0.256. The van der Waals surface area contributed by atoms with Crippen LogP contribution in [0.1, 0.15) is 13.8 Å². The molecule has 0 spiro atoms. The molecule has 1 aromatic rings. The van der Waals surface area contributed by atoms with Crippen LogP contribution in [0.3, 0.4) is 0 Å². The largest absolute Gasteiger partial charge is 0.475 e. The van der Waals surface area contributed by atoms with Crippen LogP contribution in [0.2, 0.25) is 0 Å². The second kappa shape index (κ2) is 3.93. The van der Waals surface area contributed by atoms with E-state index in [1.54, 1.807) is 6.07 Å². The van der Waals surface area contributed by atoms with Crippen molar-refractivity contribution in [3.05, 3.63) is 18.2 Å². The minimum Gasteiger partial charge on any atom is -0.475 e. The molecule has 1 heterocycles. The van der Waals surface area contributed by atoms with Crippen molar-refractivity contribution in [1.29, 1.82) is 0 Å². The quantitative estimate of drug-likeness (QED) is 0.798. The van der Waals surface area contributed by atoms with Crippen LogP contribution in [-0.4, -0.2) is 19.5 Å². The number of nitrogens with two attached hydrogens (primary N) is 1. The van der Waals surface area contributed by atoms with Crippen molar-refractivity contribution in [1.82, 2.24) is 4.98 Å². The fourth-order valence-corrected chi connectivity index (χ4v) is 1.35. The normalized spacial score (nSPS) is 11.7. The number of pyridine rings is 1. The summed E-state index contributed by atoms with van der Waals surface area (Å²) in [6.07, 6.45) is -0.0572. The molecule has 0 aliphatic carbocycles. The van der Waals surface area contributed by atoms with Gasteiger partial charge in [0.1, 0.15) is 0 Å². The molecule has 0 aromatic carbocycles. The first-order valence-electron chi connectivity index (χ1n) is 4.06. The molecular formula is C8H12N2O3S. The fraction of sp³-hybridized carbons (Fsp3) is 0.375. The van der Waals surface area contributed by atoms with Gasteiger partial charge in [-0.2, -0.15) is 0 Å². The van der Waals surface area contributed by atoms with Gasteiger partial charge in [0.25, 0.3) is 10.0 Å². The van der Waals surface area contributed by atoms with Crippen molar-refractivity contribution in [2.45, 2.75) is 25.0 Å². The third-order valence-electron chi connectivity index (χ3n) is 1.35. The molecule has 0 atom stereocenters. The van der Waals surface area contributed by atoms with Crippen LogP contribution in [0.5, 0.6) is 5.88 Å². The maximum Gasteiger partial charge on any atom is 0.255 e. The number of hydrogen-bond acceptors (Lipinski definition) is 4. The topological polar surface area (TPSA) is 82.3 Å². The molecule has 0 bridgehead atoms. The molecule has 6 heteroatoms. The standard InChI is InChI=1S/C8H12N2O3S/c1-6(2)13-7-4-3-5-8(10-7)14(9,11)12/h3-6H,1-2H3,(H2,9,11,12). The summed E-state index contributed by atoms with van der Waals surface area (Å²) >= 11 is 0. The highest BCUT2D eigenvalue weighted by Crippen LogP contribution is 2.11. The van der Waals surface area contributed by atoms with Gasteiger partial charge in [-0.1, -0.05) is 6.07 Å². The summed E-state index contributed by atoms with van der Waals surface area (Å²) in [6, 6.07) is 4.43. The molecule has 1 rings (SSSR count). The lowest BCUT2D eigenvalue weighted by atomic mass is 10.4. The van der Waals surface area contributed by atoms with E-state index in [0.717, 1.165) is 0 Å². The molecule has 14 heavy (non-hydrogen) atoms. The van der Waals surface area contributed by atoms with Gasteiger partial charge in [0.2, 0.25) is 5.88 Å². The predicted octanol–water partition coefficient (Wildman–Crippen LogP) is 0.516. The van der Waals surface area contributed by atoms with Crippen molar-refractivity contribution >= 4 is 10.0 Å². The molecule has 5 nitrogen and oxygen atoms in total. The van der Waals surface area contributed by atoms with E-state index in [1.165, 1.54) is 12.1 Å². The Kier molecular flexibility index (Phi) is 3.07. The van der Waals surface area contributed by atoms with Crippen LogP contribution in [0.4, 0.5) is 0 Å². The highest BCUT2D eigenvalue weighted by atomic mass is 32.2. The molecule has 2 N–H and O–H groups in total. The van der Waals surface area contributed by atoms with Gasteiger partial charge in [-0.15, -0.1) is 0 Å². The van der Waals surface area contributed by atoms with Crippen molar-refractivity contribution in [3.63, 3.8) is 0 Å². The zero-order valence-electron chi connectivity index (χ0n) is 7.97. The maximum atomic E-state index is 10.9. The lowest BCUT2D eigenvalue weighted by Gasteiger charge is -2.08. The van der Waals surface area contributed by atoms with Gasteiger partial charge in [-0.05, 0) is 19.9 Å². The van der Waals surface area contributed by atoms with Gasteiger partial charge in [0.15, 0.2) is 5.03 Å². The molecule has 0 aliphatic rings. The number of ether oxygens (including phenoxy) is 1. The van der Waals surface area contributed by atoms with E-state index < -0.39 is 10.0 Å². The first-order chi connectivity index (χ1) is 6.39. The smallest absolute Gasteiger partial charge is 0.255 e. The number of rotatable bonds is 3. The van der Waals surface area contributed by atoms with E-state index in [4.69, 9.17) is 9.88 Å². The number of hydrogen-bond donors (Lipinski definition) is 1. The summed E-state index contributed by atoms with van der Waals surface area (Å²) in [6.45, 7) is 3.65. The number of aromatic nitrogens is 1. The molecule has 0 aliphatic heterocycles. The summed E-state index contributed by atoms with van der Waals surface area (Å²) in [4.78, 5) is 3.75. The summed E-state index contributed by atoms with van der Waals surface area (Å²) < 4.78 is 27.1. The molecule has 0 amide bonds. The zero-order valence-corrected chi connectivity index (χ0v) is 8.78. The number of nitrogens with zero attached hydrogens (tertiary/aromatic N) is 1. The lowest BCUT2D eigenvalue weighted by Crippen LogP contribution is -2.15. The van der Waals surface area contributed by atoms with Crippen LogP contribution in [0.25, 0.3) is 0 Å². The first kappa shape index (κ1) is 10.9. The summed E-state index contributed by atoms with van der Waals surface area (Å²) in [5, 5.41) is 4.73. The second-order valence-corrected chi connectivity index (χ2v) is 4.53. The van der Waals surface area contributed by atoms with E-state index in [0.29, 0.717) is 0 Å². The van der Waals surface area contributed by atoms with E-state index in [1.807, 2.05) is 13.8 Å². The van der Waals surface area contributed by atoms with Crippen molar-refractivity contribution in [2.75, 3.05) is 0 Å². The van der Waals surface area contributed by atoms with E-state index in [-0.39, 0.29) is 17.0 Å². The third kappa shape index (κ3) is 2.97. The third-order valence-corrected chi connectivity index (χ3v) is 2.16. The van der Waals surface area contributed by atoms with E-state index in [9.17, 15) is 8.42 Å². The summed E-state index contributed by atoms with van der Waals surface area (Å²) in [7, 11) is -3.75. The van der Waals surface area contributed by atoms with Crippen LogP contribution >= 0.6 is 0 Å². The van der Waals surface area contributed by atoms with Gasteiger partial charge >= 0.3 is 0 Å². The van der Waals surface area contributed by atoms with Gasteiger partial charge in [0, 0.05) is 6.07 Å². The SMILES string of the molecule is CC(C)Oc1cccc(S(N)(=O)=O)n1. The molecule has 0 saturated heterocycles. The molecule has 78 valence electrons. The van der Waals surface area contributed by atoms with Gasteiger partial charge in [-0.3, -0.25) is 0 Å². The fourth-order valence-electron chi connectivity index (χ4n) is 0.861. The van der Waals surface area contributed by atoms with E-state index in [2.05, 4.69) is 4.98 Å². The molecule has 0 unspecified atom stereocenters. The molecule has 1 aromatic heterocycles. The molecular weight excluding hydrogens is 204 g/mol. The number of primary sulfonamides is 1. The molecule has 0 fully saturated rings. The van der Waals surface area contributed by atoms with Crippen molar-refractivity contribution in [3.8, 4) is 5.88 Å². The van der Waals surface area contributed by atoms with Gasteiger partial charge < -0.3 is 4.74 Å². The second-order valence-electron chi connectivity index (χ2n) is 3.03. The Bertz CT molecular complexity index is 414. The molecule has 0 radical (unpaired) electrons. The van der Waals surface area contributed by atoms with Crippen LogP contribution < -0.4 is 9.88 Å². The lowest BCUT2D eigenvalue weighted by molar-refractivity contribution is 0.231. The average Bonchev–Trinajstić information content (AvgIpc) is 2.01. The molecule has 0 saturated carbocycles. The minimum absolute atomic E-state index is 0.0572. The van der Waals surface area contributed by atoms with Crippen LogP contribution in [0, 0.1) is 0 Å². The highest BCUT2D eigenvalue weighted by molar-refractivity contribution is 7.89. The van der Waals surface area contributed by atoms with Crippen molar-refractivity contribution in [2.24, 2.45) is 5.14 Å². The highest BCUT2D eigenvalue weighted by Gasteiger charge is 2.10. The Balaban J connectivity index is 3.02. The summed E-state index contributed by atoms with van der Waals surface area (Å²) in [5.41, 5.74) is 0.